The molecule has 0 heterocycles. The second-order valence-corrected chi connectivity index (χ2v) is 2.34. The smallest absolute Gasteiger partial charge is 0.328 e. The van der Waals surface area contributed by atoms with E-state index < -0.39 is 24.5 Å². The molecule has 0 fully saturated rings. The van der Waals surface area contributed by atoms with Gasteiger partial charge in [0.05, 0.1) is 11.9 Å². The lowest BCUT2D eigenvalue weighted by Crippen LogP contribution is -2.43. The molecule has 0 saturated carbocycles. The molecule has 0 aliphatic rings. The van der Waals surface area contributed by atoms with Gasteiger partial charge in [-0.25, -0.2) is 4.79 Å². The van der Waals surface area contributed by atoms with Gasteiger partial charge in [0.1, 0.15) is 6.04 Å². The lowest BCUT2D eigenvalue weighted by molar-refractivity contribution is -0.142. The van der Waals surface area contributed by atoms with E-state index in [0.717, 1.165) is 0 Å². The highest BCUT2D eigenvalue weighted by Crippen LogP contribution is 1.85. The van der Waals surface area contributed by atoms with Crippen molar-refractivity contribution in [2.45, 2.75) is 6.04 Å². The number of hydrogen-bond donors (Lipinski definition) is 3. The Hall–Kier alpha value is -0.620. The fourth-order valence-electron chi connectivity index (χ4n) is 0.418. The van der Waals surface area contributed by atoms with Crippen LogP contribution in [0.25, 0.3) is 0 Å². The lowest BCUT2D eigenvalue weighted by Gasteiger charge is -2.09. The number of rotatable bonds is 4. The van der Waals surface area contributed by atoms with Crippen molar-refractivity contribution in [1.82, 2.24) is 5.32 Å². The monoisotopic (exact) mass is 225 g/mol. The van der Waals surface area contributed by atoms with Crippen molar-refractivity contribution in [2.75, 3.05) is 11.9 Å². The summed E-state index contributed by atoms with van der Waals surface area (Å²) in [6.45, 7) is -0.603. The minimum atomic E-state index is -1.25. The van der Waals surface area contributed by atoms with Crippen LogP contribution in [-0.2, 0) is 9.59 Å². The number of alkyl halides is 1. The number of aliphatic hydroxyl groups excluding tert-OH is 1. The Bertz CT molecular complexity index is 161. The Labute approximate surface area is 71.5 Å². The van der Waals surface area contributed by atoms with E-state index in [9.17, 15) is 9.59 Å². The molecule has 0 radical (unpaired) electrons. The van der Waals surface area contributed by atoms with Crippen LogP contribution >= 0.6 is 15.9 Å². The third-order valence-corrected chi connectivity index (χ3v) is 1.45. The molecule has 1 amide bonds. The van der Waals surface area contributed by atoms with Gasteiger partial charge in [-0.1, -0.05) is 15.9 Å². The van der Waals surface area contributed by atoms with E-state index in [1.54, 1.807) is 0 Å². The fraction of sp³-hybridized carbons (Fsp3) is 0.600. The number of carboxylic acids is 1. The van der Waals surface area contributed by atoms with E-state index in [2.05, 4.69) is 21.2 Å². The molecule has 0 saturated heterocycles. The van der Waals surface area contributed by atoms with E-state index in [1.807, 2.05) is 0 Å². The Morgan fingerprint density at radius 1 is 1.55 bits per heavy atom. The maximum atomic E-state index is 10.6. The summed E-state index contributed by atoms with van der Waals surface area (Å²) in [5.74, 6) is -1.71. The third kappa shape index (κ3) is 3.94. The highest BCUT2D eigenvalue weighted by Gasteiger charge is 2.17. The molecule has 0 aliphatic carbocycles. The molecule has 0 aromatic rings. The number of nitrogens with one attached hydrogen (secondary N) is 1. The van der Waals surface area contributed by atoms with E-state index in [-0.39, 0.29) is 5.33 Å². The van der Waals surface area contributed by atoms with Gasteiger partial charge in [-0.3, -0.25) is 4.79 Å². The maximum Gasteiger partial charge on any atom is 0.328 e. The van der Waals surface area contributed by atoms with Crippen molar-refractivity contribution in [3.8, 4) is 0 Å². The maximum absolute atomic E-state index is 10.6. The summed E-state index contributed by atoms with van der Waals surface area (Å²) in [6.07, 6.45) is 0. The zero-order chi connectivity index (χ0) is 8.85. The normalized spacial score (nSPS) is 12.2. The van der Waals surface area contributed by atoms with Gasteiger partial charge in [0, 0.05) is 0 Å². The van der Waals surface area contributed by atoms with Crippen LogP contribution in [-0.4, -0.2) is 40.1 Å². The molecule has 0 aromatic carbocycles. The van der Waals surface area contributed by atoms with Crippen LogP contribution in [0.5, 0.6) is 0 Å². The third-order valence-electron chi connectivity index (χ3n) is 0.937. The number of halogens is 1. The van der Waals surface area contributed by atoms with Crippen molar-refractivity contribution in [1.29, 1.82) is 0 Å². The molecule has 1 unspecified atom stereocenters. The standard InChI is InChI=1S/C5H8BrNO4/c6-1-4(9)7-3(2-8)5(10)11/h3,8H,1-2H2,(H,7,9)(H,10,11). The molecule has 0 rings (SSSR count). The van der Waals surface area contributed by atoms with Crippen molar-refractivity contribution in [3.63, 3.8) is 0 Å². The van der Waals surface area contributed by atoms with Gasteiger partial charge in [0.2, 0.25) is 5.91 Å². The van der Waals surface area contributed by atoms with Crippen molar-refractivity contribution >= 4 is 27.8 Å². The number of aliphatic hydroxyl groups is 1. The minimum Gasteiger partial charge on any atom is -0.480 e. The highest BCUT2D eigenvalue weighted by molar-refractivity contribution is 9.09. The summed E-state index contributed by atoms with van der Waals surface area (Å²) in [5, 5.41) is 18.9. The van der Waals surface area contributed by atoms with Crippen molar-refractivity contribution in [3.05, 3.63) is 0 Å². The van der Waals surface area contributed by atoms with Crippen LogP contribution in [0.1, 0.15) is 0 Å². The van der Waals surface area contributed by atoms with Gasteiger partial charge in [0.15, 0.2) is 0 Å². The number of aliphatic carboxylic acids is 1. The van der Waals surface area contributed by atoms with E-state index in [1.165, 1.54) is 0 Å². The molecule has 6 heteroatoms. The predicted octanol–water partition coefficient (Wildman–Crippen LogP) is -1.06. The summed E-state index contributed by atoms with van der Waals surface area (Å²) in [6, 6.07) is -1.21. The van der Waals surface area contributed by atoms with Crippen LogP contribution in [0.4, 0.5) is 0 Å². The highest BCUT2D eigenvalue weighted by atomic mass is 79.9. The molecule has 11 heavy (non-hydrogen) atoms. The van der Waals surface area contributed by atoms with Crippen LogP contribution in [0.15, 0.2) is 0 Å². The summed E-state index contributed by atoms with van der Waals surface area (Å²) in [7, 11) is 0. The Morgan fingerprint density at radius 2 is 2.09 bits per heavy atom. The second-order valence-electron chi connectivity index (χ2n) is 1.77. The van der Waals surface area contributed by atoms with Crippen LogP contribution in [0.3, 0.4) is 0 Å². The first-order valence-corrected chi connectivity index (χ1v) is 3.93. The lowest BCUT2D eigenvalue weighted by atomic mass is 10.3. The van der Waals surface area contributed by atoms with Gasteiger partial charge in [-0.15, -0.1) is 0 Å². The van der Waals surface area contributed by atoms with Crippen molar-refractivity contribution in [2.24, 2.45) is 0 Å². The molecule has 1 atom stereocenters. The van der Waals surface area contributed by atoms with Gasteiger partial charge in [0.25, 0.3) is 0 Å². The van der Waals surface area contributed by atoms with Gasteiger partial charge in [-0.2, -0.15) is 0 Å². The molecule has 0 spiro atoms. The minimum absolute atomic E-state index is 0.0246. The molecule has 64 valence electrons. The topological polar surface area (TPSA) is 86.6 Å². The Balaban J connectivity index is 3.88. The summed E-state index contributed by atoms with van der Waals surface area (Å²) in [5.41, 5.74) is 0. The van der Waals surface area contributed by atoms with Crippen molar-refractivity contribution < 1.29 is 19.8 Å². The van der Waals surface area contributed by atoms with Gasteiger partial charge >= 0.3 is 5.97 Å². The number of carboxylic acid groups (broad SMARTS) is 1. The molecule has 0 aliphatic heterocycles. The summed E-state index contributed by atoms with van der Waals surface area (Å²) in [4.78, 5) is 20.7. The zero-order valence-electron chi connectivity index (χ0n) is 5.58. The quantitative estimate of drug-likeness (QED) is 0.533. The van der Waals surface area contributed by atoms with Gasteiger partial charge < -0.3 is 15.5 Å². The molecular formula is C5H8BrNO4. The van der Waals surface area contributed by atoms with E-state index in [4.69, 9.17) is 10.2 Å². The first kappa shape index (κ1) is 10.4. The van der Waals surface area contributed by atoms with E-state index in [0.29, 0.717) is 0 Å². The largest absolute Gasteiger partial charge is 0.480 e. The average molecular weight is 226 g/mol. The fourth-order valence-corrected chi connectivity index (χ4v) is 0.580. The number of hydrogen-bond acceptors (Lipinski definition) is 3. The predicted molar refractivity (Wildman–Crippen MR) is 40.4 cm³/mol. The molecule has 3 N–H and O–H groups in total. The van der Waals surface area contributed by atoms with E-state index >= 15 is 0 Å². The second kappa shape index (κ2) is 5.09. The Kier molecular flexibility index (Phi) is 4.80. The number of amides is 1. The van der Waals surface area contributed by atoms with Crippen LogP contribution in [0, 0.1) is 0 Å². The van der Waals surface area contributed by atoms with Crippen LogP contribution in [0.2, 0.25) is 0 Å². The van der Waals surface area contributed by atoms with Gasteiger partial charge in [-0.05, 0) is 0 Å². The van der Waals surface area contributed by atoms with Crippen LogP contribution < -0.4 is 5.32 Å². The molecular weight excluding hydrogens is 218 g/mol. The summed E-state index contributed by atoms with van der Waals surface area (Å²) >= 11 is 2.83. The number of carbonyl (C=O) groups excluding carboxylic acids is 1. The molecule has 5 nitrogen and oxygen atoms in total. The molecule has 0 bridgehead atoms. The Morgan fingerprint density at radius 3 is 2.36 bits per heavy atom. The first-order valence-electron chi connectivity index (χ1n) is 2.80. The first-order chi connectivity index (χ1) is 5.11. The number of carbonyl (C=O) groups is 2. The SMILES string of the molecule is O=C(CBr)NC(CO)C(=O)O. The average Bonchev–Trinajstić information content (AvgIpc) is 1.99. The zero-order valence-corrected chi connectivity index (χ0v) is 7.17. The summed E-state index contributed by atoms with van der Waals surface area (Å²) < 4.78 is 0. The molecule has 0 aromatic heterocycles.